The molecule has 3 heteroatoms. The van der Waals surface area contributed by atoms with Gasteiger partial charge in [-0.1, -0.05) is 0 Å². The highest BCUT2D eigenvalue weighted by Gasteiger charge is 2.14. The van der Waals surface area contributed by atoms with Crippen molar-refractivity contribution in [2.75, 3.05) is 13.2 Å². The number of carbonyl (C=O) groups excluding carboxylic acids is 1. The Bertz CT molecular complexity index is 144. The topological polar surface area (TPSA) is 46.5 Å². The van der Waals surface area contributed by atoms with E-state index in [1.54, 1.807) is 0 Å². The van der Waals surface area contributed by atoms with E-state index in [-0.39, 0.29) is 12.7 Å². The van der Waals surface area contributed by atoms with E-state index < -0.39 is 0 Å². The maximum Gasteiger partial charge on any atom is 0.132 e. The standard InChI is InChI=1S/C10H18O3/c11-7-8-13-10-5-1-3-9(12)4-2-6-10/h10-11H,1-8H2. The van der Waals surface area contributed by atoms with Gasteiger partial charge in [-0.2, -0.15) is 0 Å². The molecule has 3 nitrogen and oxygen atoms in total. The van der Waals surface area contributed by atoms with Gasteiger partial charge in [0.1, 0.15) is 5.78 Å². The SMILES string of the molecule is O=C1CCCC(OCCO)CCC1. The lowest BCUT2D eigenvalue weighted by Gasteiger charge is -2.19. The summed E-state index contributed by atoms with van der Waals surface area (Å²) in [4.78, 5) is 11.1. The van der Waals surface area contributed by atoms with Crippen LogP contribution in [-0.4, -0.2) is 30.2 Å². The number of Topliss-reactive ketones (excluding diaryl/α,β-unsaturated/α-hetero) is 1. The fourth-order valence-electron chi connectivity index (χ4n) is 1.71. The summed E-state index contributed by atoms with van der Waals surface area (Å²) in [7, 11) is 0. The van der Waals surface area contributed by atoms with Crippen LogP contribution in [0.5, 0.6) is 0 Å². The second-order valence-electron chi connectivity index (χ2n) is 3.54. The molecule has 0 aromatic rings. The monoisotopic (exact) mass is 186 g/mol. The third-order valence-corrected chi connectivity index (χ3v) is 2.41. The number of rotatable bonds is 3. The molecule has 0 atom stereocenters. The van der Waals surface area contributed by atoms with E-state index in [2.05, 4.69) is 0 Å². The van der Waals surface area contributed by atoms with Crippen molar-refractivity contribution < 1.29 is 14.6 Å². The summed E-state index contributed by atoms with van der Waals surface area (Å²) in [5, 5.41) is 8.59. The average molecular weight is 186 g/mol. The van der Waals surface area contributed by atoms with Gasteiger partial charge in [0.05, 0.1) is 19.3 Å². The molecule has 0 aromatic carbocycles. The van der Waals surface area contributed by atoms with Gasteiger partial charge in [0, 0.05) is 12.8 Å². The van der Waals surface area contributed by atoms with Crippen LogP contribution in [-0.2, 0) is 9.53 Å². The van der Waals surface area contributed by atoms with Gasteiger partial charge in [-0.05, 0) is 25.7 Å². The summed E-state index contributed by atoms with van der Waals surface area (Å²) >= 11 is 0. The molecule has 1 rings (SSSR count). The quantitative estimate of drug-likeness (QED) is 0.722. The Hall–Kier alpha value is -0.410. The lowest BCUT2D eigenvalue weighted by molar-refractivity contribution is -0.120. The van der Waals surface area contributed by atoms with Gasteiger partial charge < -0.3 is 9.84 Å². The summed E-state index contributed by atoms with van der Waals surface area (Å²) in [5.41, 5.74) is 0. The number of carbonyl (C=O) groups is 1. The predicted molar refractivity (Wildman–Crippen MR) is 49.5 cm³/mol. The van der Waals surface area contributed by atoms with E-state index in [4.69, 9.17) is 9.84 Å². The Morgan fingerprint density at radius 3 is 2.46 bits per heavy atom. The minimum atomic E-state index is 0.0927. The number of aliphatic hydroxyl groups is 1. The third-order valence-electron chi connectivity index (χ3n) is 2.41. The molecule has 0 aliphatic heterocycles. The van der Waals surface area contributed by atoms with Gasteiger partial charge >= 0.3 is 0 Å². The number of ketones is 1. The zero-order valence-corrected chi connectivity index (χ0v) is 8.00. The van der Waals surface area contributed by atoms with E-state index in [1.807, 2.05) is 0 Å². The van der Waals surface area contributed by atoms with Crippen molar-refractivity contribution in [3.63, 3.8) is 0 Å². The zero-order valence-electron chi connectivity index (χ0n) is 8.00. The van der Waals surface area contributed by atoms with Crippen LogP contribution in [0.15, 0.2) is 0 Å². The van der Waals surface area contributed by atoms with Crippen molar-refractivity contribution in [2.45, 2.75) is 44.6 Å². The van der Waals surface area contributed by atoms with E-state index >= 15 is 0 Å². The Morgan fingerprint density at radius 2 is 1.92 bits per heavy atom. The molecule has 0 aromatic heterocycles. The highest BCUT2D eigenvalue weighted by atomic mass is 16.5. The van der Waals surface area contributed by atoms with E-state index in [1.165, 1.54) is 0 Å². The molecule has 1 fully saturated rings. The summed E-state index contributed by atoms with van der Waals surface area (Å²) in [6, 6.07) is 0. The second kappa shape index (κ2) is 6.11. The molecule has 0 spiro atoms. The fourth-order valence-corrected chi connectivity index (χ4v) is 1.71. The molecule has 1 aliphatic carbocycles. The molecular weight excluding hydrogens is 168 g/mol. The molecule has 13 heavy (non-hydrogen) atoms. The van der Waals surface area contributed by atoms with Crippen LogP contribution < -0.4 is 0 Å². The Kier molecular flexibility index (Phi) is 5.01. The first kappa shape index (κ1) is 10.7. The Balaban J connectivity index is 2.20. The lowest BCUT2D eigenvalue weighted by Crippen LogP contribution is -2.18. The molecule has 0 heterocycles. The summed E-state index contributed by atoms with van der Waals surface area (Å²) in [6.07, 6.45) is 5.49. The molecule has 0 bridgehead atoms. The highest BCUT2D eigenvalue weighted by molar-refractivity contribution is 5.78. The Morgan fingerprint density at radius 1 is 1.31 bits per heavy atom. The van der Waals surface area contributed by atoms with E-state index in [0.717, 1.165) is 25.7 Å². The van der Waals surface area contributed by atoms with Gasteiger partial charge in [-0.25, -0.2) is 0 Å². The van der Waals surface area contributed by atoms with Gasteiger partial charge in [0.2, 0.25) is 0 Å². The molecular formula is C10H18O3. The van der Waals surface area contributed by atoms with Crippen LogP contribution in [0.3, 0.4) is 0 Å². The van der Waals surface area contributed by atoms with E-state index in [0.29, 0.717) is 25.2 Å². The van der Waals surface area contributed by atoms with Crippen LogP contribution >= 0.6 is 0 Å². The minimum Gasteiger partial charge on any atom is -0.394 e. The van der Waals surface area contributed by atoms with Crippen molar-refractivity contribution in [3.05, 3.63) is 0 Å². The summed E-state index contributed by atoms with van der Waals surface area (Å²) in [5.74, 6) is 0.389. The molecule has 0 saturated heterocycles. The zero-order chi connectivity index (χ0) is 9.52. The van der Waals surface area contributed by atoms with Crippen LogP contribution in [0, 0.1) is 0 Å². The predicted octanol–water partition coefficient (Wildman–Crippen LogP) is 1.29. The molecule has 0 radical (unpaired) electrons. The fraction of sp³-hybridized carbons (Fsp3) is 0.900. The molecule has 1 N–H and O–H groups in total. The van der Waals surface area contributed by atoms with Crippen LogP contribution in [0.2, 0.25) is 0 Å². The first-order chi connectivity index (χ1) is 6.33. The number of hydrogen-bond acceptors (Lipinski definition) is 3. The van der Waals surface area contributed by atoms with E-state index in [9.17, 15) is 4.79 Å². The lowest BCUT2D eigenvalue weighted by atomic mass is 9.98. The van der Waals surface area contributed by atoms with Gasteiger partial charge in [-0.15, -0.1) is 0 Å². The smallest absolute Gasteiger partial charge is 0.132 e. The van der Waals surface area contributed by atoms with Crippen molar-refractivity contribution in [1.29, 1.82) is 0 Å². The largest absolute Gasteiger partial charge is 0.394 e. The van der Waals surface area contributed by atoms with Crippen LogP contribution in [0.1, 0.15) is 38.5 Å². The maximum absolute atomic E-state index is 11.1. The van der Waals surface area contributed by atoms with Crippen LogP contribution in [0.25, 0.3) is 0 Å². The normalized spacial score (nSPS) is 21.2. The first-order valence-corrected chi connectivity index (χ1v) is 5.07. The Labute approximate surface area is 79.1 Å². The second-order valence-corrected chi connectivity index (χ2v) is 3.54. The number of aliphatic hydroxyl groups excluding tert-OH is 1. The van der Waals surface area contributed by atoms with Crippen molar-refractivity contribution in [3.8, 4) is 0 Å². The first-order valence-electron chi connectivity index (χ1n) is 5.07. The molecule has 0 unspecified atom stereocenters. The highest BCUT2D eigenvalue weighted by Crippen LogP contribution is 2.17. The van der Waals surface area contributed by atoms with Gasteiger partial charge in [0.25, 0.3) is 0 Å². The number of ether oxygens (including phenoxy) is 1. The van der Waals surface area contributed by atoms with Crippen LogP contribution in [0.4, 0.5) is 0 Å². The molecule has 0 amide bonds. The molecule has 1 aliphatic rings. The van der Waals surface area contributed by atoms with Crippen molar-refractivity contribution in [1.82, 2.24) is 0 Å². The van der Waals surface area contributed by atoms with Crippen molar-refractivity contribution in [2.24, 2.45) is 0 Å². The third kappa shape index (κ3) is 4.39. The average Bonchev–Trinajstić information content (AvgIpc) is 2.09. The van der Waals surface area contributed by atoms with Gasteiger partial charge in [0.15, 0.2) is 0 Å². The summed E-state index contributed by atoms with van der Waals surface area (Å²) < 4.78 is 5.44. The maximum atomic E-state index is 11.1. The minimum absolute atomic E-state index is 0.0927. The molecule has 1 saturated carbocycles. The molecule has 76 valence electrons. The summed E-state index contributed by atoms with van der Waals surface area (Å²) in [6.45, 7) is 0.522. The number of hydrogen-bond donors (Lipinski definition) is 1. The van der Waals surface area contributed by atoms with Crippen molar-refractivity contribution >= 4 is 5.78 Å². The van der Waals surface area contributed by atoms with Gasteiger partial charge in [-0.3, -0.25) is 4.79 Å².